The molecule has 5 nitrogen and oxygen atoms in total. The molecule has 0 fully saturated rings. The lowest BCUT2D eigenvalue weighted by Gasteiger charge is -2.16. The first-order valence-electron chi connectivity index (χ1n) is 9.35. The first-order chi connectivity index (χ1) is 14.8. The quantitative estimate of drug-likeness (QED) is 0.661. The lowest BCUT2D eigenvalue weighted by Crippen LogP contribution is -2.42. The van der Waals surface area contributed by atoms with Gasteiger partial charge in [0, 0.05) is 11.1 Å². The van der Waals surface area contributed by atoms with E-state index < -0.39 is 35.3 Å². The van der Waals surface area contributed by atoms with Gasteiger partial charge in [-0.25, -0.2) is 4.99 Å². The molecule has 156 valence electrons. The van der Waals surface area contributed by atoms with Crippen molar-refractivity contribution in [3.63, 3.8) is 0 Å². The van der Waals surface area contributed by atoms with E-state index in [4.69, 9.17) is 0 Å². The molecule has 31 heavy (non-hydrogen) atoms. The third-order valence-electron chi connectivity index (χ3n) is 4.74. The molecule has 2 N–H and O–H groups in total. The molecule has 0 aromatic heterocycles. The van der Waals surface area contributed by atoms with Crippen LogP contribution in [0.15, 0.2) is 83.9 Å². The number of hydrogen-bond acceptors (Lipinski definition) is 3. The monoisotopic (exact) mass is 423 g/mol. The summed E-state index contributed by atoms with van der Waals surface area (Å²) in [5.74, 6) is -1.70. The van der Waals surface area contributed by atoms with Gasteiger partial charge in [-0.2, -0.15) is 13.2 Å². The molecular formula is C23H16F3N3O2. The predicted molar refractivity (Wildman–Crippen MR) is 110 cm³/mol. The summed E-state index contributed by atoms with van der Waals surface area (Å²) in [5, 5.41) is 5.02. The molecule has 0 aliphatic carbocycles. The number of amides is 2. The molecule has 1 unspecified atom stereocenters. The summed E-state index contributed by atoms with van der Waals surface area (Å²) in [5.41, 5.74) is 0.584. The minimum absolute atomic E-state index is 0.434. The second-order valence-electron chi connectivity index (χ2n) is 6.80. The fraction of sp³-hybridized carbons (Fsp3) is 0.0870. The van der Waals surface area contributed by atoms with Crippen LogP contribution in [0.1, 0.15) is 27.0 Å². The largest absolute Gasteiger partial charge is 0.417 e. The Balaban J connectivity index is 1.74. The van der Waals surface area contributed by atoms with Gasteiger partial charge in [-0.15, -0.1) is 0 Å². The van der Waals surface area contributed by atoms with E-state index in [0.717, 1.165) is 12.1 Å². The molecule has 2 amide bonds. The molecule has 1 heterocycles. The highest BCUT2D eigenvalue weighted by Gasteiger charge is 2.36. The van der Waals surface area contributed by atoms with Gasteiger partial charge in [0.25, 0.3) is 11.8 Å². The number of carbonyl (C=O) groups excluding carboxylic acids is 2. The number of fused-ring (bicyclic) bond motifs is 1. The maximum absolute atomic E-state index is 13.3. The van der Waals surface area contributed by atoms with E-state index >= 15 is 0 Å². The first-order valence-corrected chi connectivity index (χ1v) is 9.35. The smallest absolute Gasteiger partial charge is 0.322 e. The summed E-state index contributed by atoms with van der Waals surface area (Å²) in [7, 11) is 0. The number of para-hydroxylation sites is 1. The van der Waals surface area contributed by atoms with Crippen LogP contribution in [-0.4, -0.2) is 23.7 Å². The Morgan fingerprint density at radius 1 is 0.903 bits per heavy atom. The predicted octanol–water partition coefficient (Wildman–Crippen LogP) is 4.25. The van der Waals surface area contributed by atoms with E-state index in [-0.39, 0.29) is 0 Å². The number of nitrogens with one attached hydrogen (secondary N) is 2. The third-order valence-corrected chi connectivity index (χ3v) is 4.74. The van der Waals surface area contributed by atoms with E-state index in [9.17, 15) is 22.8 Å². The van der Waals surface area contributed by atoms with Crippen LogP contribution in [0.5, 0.6) is 0 Å². The van der Waals surface area contributed by atoms with Crippen LogP contribution in [-0.2, 0) is 11.0 Å². The number of aliphatic imine (C=N–C) groups is 1. The van der Waals surface area contributed by atoms with E-state index in [1.165, 1.54) is 12.1 Å². The average Bonchev–Trinajstić information content (AvgIpc) is 2.90. The molecule has 0 spiro atoms. The van der Waals surface area contributed by atoms with Crippen molar-refractivity contribution in [1.29, 1.82) is 0 Å². The van der Waals surface area contributed by atoms with Gasteiger partial charge in [0.2, 0.25) is 6.17 Å². The van der Waals surface area contributed by atoms with Crippen molar-refractivity contribution in [3.05, 3.63) is 101 Å². The Hall–Kier alpha value is -3.94. The zero-order chi connectivity index (χ0) is 22.0. The molecule has 1 aliphatic heterocycles. The number of carbonyl (C=O) groups is 2. The molecule has 0 bridgehead atoms. The molecule has 0 saturated carbocycles. The Bertz CT molecular complexity index is 1170. The molecule has 4 rings (SSSR count). The molecule has 3 aromatic carbocycles. The van der Waals surface area contributed by atoms with E-state index in [0.29, 0.717) is 22.5 Å². The number of benzene rings is 3. The van der Waals surface area contributed by atoms with E-state index in [2.05, 4.69) is 15.6 Å². The van der Waals surface area contributed by atoms with Crippen LogP contribution in [0.25, 0.3) is 0 Å². The summed E-state index contributed by atoms with van der Waals surface area (Å²) in [6, 6.07) is 20.4. The Morgan fingerprint density at radius 2 is 1.55 bits per heavy atom. The molecule has 0 radical (unpaired) electrons. The molecule has 0 saturated heterocycles. The molecule has 1 atom stereocenters. The molecular weight excluding hydrogens is 407 g/mol. The van der Waals surface area contributed by atoms with Gasteiger partial charge in [-0.1, -0.05) is 60.7 Å². The fourth-order valence-corrected chi connectivity index (χ4v) is 3.31. The maximum Gasteiger partial charge on any atom is 0.417 e. The molecule has 1 aliphatic rings. The van der Waals surface area contributed by atoms with Crippen molar-refractivity contribution in [1.82, 2.24) is 5.32 Å². The second-order valence-corrected chi connectivity index (χ2v) is 6.80. The van der Waals surface area contributed by atoms with Crippen LogP contribution in [0, 0.1) is 0 Å². The van der Waals surface area contributed by atoms with Crippen molar-refractivity contribution in [2.45, 2.75) is 12.3 Å². The number of nitrogens with zero attached hydrogens (tertiary/aromatic N) is 1. The fourth-order valence-electron chi connectivity index (χ4n) is 3.31. The van der Waals surface area contributed by atoms with Gasteiger partial charge < -0.3 is 10.6 Å². The van der Waals surface area contributed by atoms with Crippen molar-refractivity contribution in [2.24, 2.45) is 4.99 Å². The van der Waals surface area contributed by atoms with Crippen molar-refractivity contribution in [3.8, 4) is 0 Å². The van der Waals surface area contributed by atoms with Gasteiger partial charge in [0.05, 0.1) is 22.5 Å². The Morgan fingerprint density at radius 3 is 2.29 bits per heavy atom. The highest BCUT2D eigenvalue weighted by atomic mass is 19.4. The van der Waals surface area contributed by atoms with Gasteiger partial charge in [0.15, 0.2) is 0 Å². The zero-order valence-electron chi connectivity index (χ0n) is 16.0. The van der Waals surface area contributed by atoms with Crippen molar-refractivity contribution in [2.75, 3.05) is 5.32 Å². The standard InChI is InChI=1S/C23H16F3N3O2/c24-23(25,26)17-12-6-4-10-15(17)21(30)29-20-22(31)27-18-13-7-5-11-16(18)19(28-20)14-8-2-1-3-9-14/h1-13,20H,(H,27,31)(H,29,30). The number of hydrogen-bond donors (Lipinski definition) is 2. The van der Waals surface area contributed by atoms with E-state index in [1.54, 1.807) is 48.5 Å². The van der Waals surface area contributed by atoms with Gasteiger partial charge in [-0.3, -0.25) is 9.59 Å². The first kappa shape index (κ1) is 20.3. The minimum Gasteiger partial charge on any atom is -0.322 e. The summed E-state index contributed by atoms with van der Waals surface area (Å²) in [4.78, 5) is 29.9. The Kier molecular flexibility index (Phi) is 5.29. The third kappa shape index (κ3) is 4.18. The second kappa shape index (κ2) is 8.06. The summed E-state index contributed by atoms with van der Waals surface area (Å²) in [6.45, 7) is 0. The highest BCUT2D eigenvalue weighted by molar-refractivity contribution is 6.20. The van der Waals surface area contributed by atoms with Crippen molar-refractivity contribution >= 4 is 23.2 Å². The van der Waals surface area contributed by atoms with Gasteiger partial charge >= 0.3 is 6.18 Å². The SMILES string of the molecule is O=C(NC1N=C(c2ccccc2)c2ccccc2NC1=O)c1ccccc1C(F)(F)F. The average molecular weight is 423 g/mol. The van der Waals surface area contributed by atoms with Crippen molar-refractivity contribution < 1.29 is 22.8 Å². The normalized spacial score (nSPS) is 15.9. The van der Waals surface area contributed by atoms with Gasteiger partial charge in [0.1, 0.15) is 0 Å². The maximum atomic E-state index is 13.3. The van der Waals surface area contributed by atoms with Gasteiger partial charge in [-0.05, 0) is 18.2 Å². The summed E-state index contributed by atoms with van der Waals surface area (Å²) in [6.07, 6.45) is -6.13. The number of alkyl halides is 3. The summed E-state index contributed by atoms with van der Waals surface area (Å²) < 4.78 is 39.9. The number of halogens is 3. The van der Waals surface area contributed by atoms with Crippen LogP contribution in [0.4, 0.5) is 18.9 Å². The number of rotatable bonds is 3. The number of anilines is 1. The lowest BCUT2D eigenvalue weighted by atomic mass is 10.0. The highest BCUT2D eigenvalue weighted by Crippen LogP contribution is 2.32. The zero-order valence-corrected chi connectivity index (χ0v) is 16.0. The molecule has 3 aromatic rings. The van der Waals surface area contributed by atoms with Crippen LogP contribution >= 0.6 is 0 Å². The Labute approximate surface area is 175 Å². The van der Waals surface area contributed by atoms with Crippen LogP contribution in [0.2, 0.25) is 0 Å². The van der Waals surface area contributed by atoms with Crippen LogP contribution < -0.4 is 10.6 Å². The number of benzodiazepines with no additional fused rings is 1. The topological polar surface area (TPSA) is 70.6 Å². The minimum atomic E-state index is -4.71. The van der Waals surface area contributed by atoms with Crippen LogP contribution in [0.3, 0.4) is 0 Å². The van der Waals surface area contributed by atoms with E-state index in [1.807, 2.05) is 6.07 Å². The lowest BCUT2D eigenvalue weighted by molar-refractivity contribution is -0.137. The molecule has 8 heteroatoms. The summed E-state index contributed by atoms with van der Waals surface area (Å²) >= 11 is 0.